The Morgan fingerprint density at radius 3 is 2.41 bits per heavy atom. The number of para-hydroxylation sites is 2. The molecule has 0 fully saturated rings. The number of benzene rings is 3. The van der Waals surface area contributed by atoms with Crippen LogP contribution in [-0.4, -0.2) is 9.49 Å². The largest absolute Gasteiger partial charge is 0.316 e. The third-order valence-electron chi connectivity index (χ3n) is 5.75. The van der Waals surface area contributed by atoms with Gasteiger partial charge in [-0.1, -0.05) is 56.3 Å². The van der Waals surface area contributed by atoms with Crippen LogP contribution in [0.4, 0.5) is 5.69 Å². The van der Waals surface area contributed by atoms with Crippen molar-refractivity contribution in [2.45, 2.75) is 19.3 Å². The Labute approximate surface area is 156 Å². The highest BCUT2D eigenvalue weighted by atomic mass is 16.6. The maximum Gasteiger partial charge on any atom is 0.277 e. The van der Waals surface area contributed by atoms with Crippen molar-refractivity contribution in [3.8, 4) is 16.8 Å². The molecule has 0 spiro atoms. The smallest absolute Gasteiger partial charge is 0.277 e. The second kappa shape index (κ2) is 5.30. The van der Waals surface area contributed by atoms with E-state index >= 15 is 0 Å². The van der Waals surface area contributed by atoms with Crippen LogP contribution in [-0.2, 0) is 5.41 Å². The van der Waals surface area contributed by atoms with E-state index < -0.39 is 0 Å². The molecule has 27 heavy (non-hydrogen) atoms. The molecule has 0 amide bonds. The summed E-state index contributed by atoms with van der Waals surface area (Å²) in [7, 11) is 0. The number of nitro groups is 1. The van der Waals surface area contributed by atoms with Gasteiger partial charge in [0.2, 0.25) is 0 Å². The van der Waals surface area contributed by atoms with E-state index in [0.717, 1.165) is 16.5 Å². The minimum absolute atomic E-state index is 0.135. The third-order valence-corrected chi connectivity index (χ3v) is 5.75. The van der Waals surface area contributed by atoms with Gasteiger partial charge < -0.3 is 4.57 Å². The lowest BCUT2D eigenvalue weighted by Crippen LogP contribution is -2.26. The van der Waals surface area contributed by atoms with Crippen LogP contribution in [0.15, 0.2) is 72.9 Å². The van der Waals surface area contributed by atoms with Gasteiger partial charge >= 0.3 is 0 Å². The molecule has 0 N–H and O–H groups in total. The van der Waals surface area contributed by atoms with E-state index in [1.807, 2.05) is 18.2 Å². The van der Waals surface area contributed by atoms with E-state index in [1.54, 1.807) is 12.1 Å². The van der Waals surface area contributed by atoms with Gasteiger partial charge in [0.15, 0.2) is 0 Å². The molecular weight excluding hydrogens is 336 g/mol. The SMILES string of the molecule is CC1(C)c2ccccc2-n2ccc3c(-c4ccccc4[N+](=O)[O-])ccc1c32. The van der Waals surface area contributed by atoms with Crippen LogP contribution in [0, 0.1) is 10.1 Å². The van der Waals surface area contributed by atoms with E-state index in [-0.39, 0.29) is 16.0 Å². The second-order valence-corrected chi connectivity index (χ2v) is 7.53. The van der Waals surface area contributed by atoms with Gasteiger partial charge in [-0.15, -0.1) is 0 Å². The third kappa shape index (κ3) is 2.04. The Balaban J connectivity index is 1.88. The zero-order chi connectivity index (χ0) is 18.8. The Bertz CT molecular complexity index is 1230. The van der Waals surface area contributed by atoms with Gasteiger partial charge in [0.05, 0.1) is 16.0 Å². The molecule has 0 saturated carbocycles. The second-order valence-electron chi connectivity index (χ2n) is 7.53. The van der Waals surface area contributed by atoms with Crippen molar-refractivity contribution in [2.75, 3.05) is 0 Å². The summed E-state index contributed by atoms with van der Waals surface area (Å²) in [6.45, 7) is 4.48. The summed E-state index contributed by atoms with van der Waals surface area (Å²) in [4.78, 5) is 11.2. The summed E-state index contributed by atoms with van der Waals surface area (Å²) >= 11 is 0. The molecule has 1 aliphatic heterocycles. The highest BCUT2D eigenvalue weighted by Crippen LogP contribution is 2.47. The predicted molar refractivity (Wildman–Crippen MR) is 107 cm³/mol. The van der Waals surface area contributed by atoms with Crippen LogP contribution in [0.2, 0.25) is 0 Å². The number of hydrogen-bond donors (Lipinski definition) is 0. The van der Waals surface area contributed by atoms with Crippen molar-refractivity contribution in [2.24, 2.45) is 0 Å². The number of hydrogen-bond acceptors (Lipinski definition) is 2. The van der Waals surface area contributed by atoms with Crippen molar-refractivity contribution >= 4 is 16.6 Å². The van der Waals surface area contributed by atoms with Crippen molar-refractivity contribution in [3.63, 3.8) is 0 Å². The number of nitrogens with zero attached hydrogens (tertiary/aromatic N) is 2. The van der Waals surface area contributed by atoms with Gasteiger partial charge in [0.25, 0.3) is 5.69 Å². The van der Waals surface area contributed by atoms with Crippen LogP contribution in [0.5, 0.6) is 0 Å². The van der Waals surface area contributed by atoms with Crippen LogP contribution >= 0.6 is 0 Å². The first kappa shape index (κ1) is 15.8. The fourth-order valence-electron chi connectivity index (χ4n) is 4.42. The highest BCUT2D eigenvalue weighted by Gasteiger charge is 2.34. The molecule has 4 heteroatoms. The zero-order valence-corrected chi connectivity index (χ0v) is 15.1. The topological polar surface area (TPSA) is 48.1 Å². The van der Waals surface area contributed by atoms with Gasteiger partial charge in [-0.25, -0.2) is 0 Å². The van der Waals surface area contributed by atoms with Gasteiger partial charge in [0, 0.05) is 28.8 Å². The van der Waals surface area contributed by atoms with Crippen LogP contribution in [0.3, 0.4) is 0 Å². The molecule has 0 atom stereocenters. The highest BCUT2D eigenvalue weighted by molar-refractivity contribution is 6.01. The first-order chi connectivity index (χ1) is 13.0. The van der Waals surface area contributed by atoms with Crippen molar-refractivity contribution in [1.82, 2.24) is 4.57 Å². The van der Waals surface area contributed by atoms with E-state index in [2.05, 4.69) is 61.0 Å². The summed E-state index contributed by atoms with van der Waals surface area (Å²) < 4.78 is 2.21. The van der Waals surface area contributed by atoms with E-state index in [4.69, 9.17) is 0 Å². The minimum Gasteiger partial charge on any atom is -0.316 e. The summed E-state index contributed by atoms with van der Waals surface area (Å²) in [6, 6.07) is 21.6. The van der Waals surface area contributed by atoms with Crippen molar-refractivity contribution in [3.05, 3.63) is 94.2 Å². The Kier molecular flexibility index (Phi) is 3.11. The summed E-state index contributed by atoms with van der Waals surface area (Å²) in [5.74, 6) is 0. The maximum absolute atomic E-state index is 11.5. The van der Waals surface area contributed by atoms with Crippen molar-refractivity contribution in [1.29, 1.82) is 0 Å². The lowest BCUT2D eigenvalue weighted by Gasteiger charge is -2.34. The van der Waals surface area contributed by atoms with Crippen LogP contribution in [0.25, 0.3) is 27.7 Å². The Hall–Kier alpha value is -3.40. The number of aromatic nitrogens is 1. The fraction of sp³-hybridized carbons (Fsp3) is 0.130. The van der Waals surface area contributed by atoms with Gasteiger partial charge in [-0.05, 0) is 34.9 Å². The number of rotatable bonds is 2. The minimum atomic E-state index is -0.308. The molecule has 0 radical (unpaired) electrons. The van der Waals surface area contributed by atoms with Gasteiger partial charge in [0.1, 0.15) is 0 Å². The molecule has 1 aromatic heterocycles. The molecule has 0 aliphatic carbocycles. The number of fused-ring (bicyclic) bond motifs is 2. The monoisotopic (exact) mass is 354 g/mol. The first-order valence-corrected chi connectivity index (χ1v) is 8.98. The predicted octanol–water partition coefficient (Wildman–Crippen LogP) is 5.85. The lowest BCUT2D eigenvalue weighted by atomic mass is 9.74. The number of nitro benzene ring substituents is 1. The molecule has 0 unspecified atom stereocenters. The maximum atomic E-state index is 11.5. The normalized spacial score (nSPS) is 14.1. The summed E-state index contributed by atoms with van der Waals surface area (Å²) in [6.07, 6.45) is 2.07. The Morgan fingerprint density at radius 2 is 1.59 bits per heavy atom. The molecule has 0 bridgehead atoms. The van der Waals surface area contributed by atoms with Crippen molar-refractivity contribution < 1.29 is 4.92 Å². The summed E-state index contributed by atoms with van der Waals surface area (Å²) in [5.41, 5.74) is 6.38. The van der Waals surface area contributed by atoms with Crippen LogP contribution < -0.4 is 0 Å². The molecule has 4 aromatic rings. The van der Waals surface area contributed by atoms with Gasteiger partial charge in [-0.2, -0.15) is 0 Å². The standard InChI is InChI=1S/C23H18N2O2/c1-23(2)18-8-4-6-10-21(18)24-14-13-17-15(11-12-19(23)22(17)24)16-7-3-5-9-20(16)25(26)27/h3-14H,1-2H3. The lowest BCUT2D eigenvalue weighted by molar-refractivity contribution is -0.384. The molecule has 3 aromatic carbocycles. The molecule has 5 rings (SSSR count). The Morgan fingerprint density at radius 1 is 0.852 bits per heavy atom. The first-order valence-electron chi connectivity index (χ1n) is 8.98. The molecular formula is C23H18N2O2. The molecule has 2 heterocycles. The molecule has 4 nitrogen and oxygen atoms in total. The molecule has 132 valence electrons. The van der Waals surface area contributed by atoms with Gasteiger partial charge in [-0.3, -0.25) is 10.1 Å². The molecule has 1 aliphatic rings. The average Bonchev–Trinajstić information content (AvgIpc) is 3.11. The summed E-state index contributed by atoms with van der Waals surface area (Å²) in [5, 5.41) is 12.6. The fourth-order valence-corrected chi connectivity index (χ4v) is 4.42. The average molecular weight is 354 g/mol. The molecule has 0 saturated heterocycles. The quantitative estimate of drug-likeness (QED) is 0.335. The zero-order valence-electron chi connectivity index (χ0n) is 15.1. The van der Waals surface area contributed by atoms with E-state index in [9.17, 15) is 10.1 Å². The van der Waals surface area contributed by atoms with E-state index in [0.29, 0.717) is 5.56 Å². The van der Waals surface area contributed by atoms with Crippen LogP contribution in [0.1, 0.15) is 25.0 Å². The van der Waals surface area contributed by atoms with E-state index in [1.165, 1.54) is 16.8 Å².